The number of anilines is 1. The molecule has 3 aliphatic rings. The maximum absolute atomic E-state index is 12.5. The fraction of sp³-hybridized carbons (Fsp3) is 0.500. The zero-order valence-electron chi connectivity index (χ0n) is 14.1. The molecule has 1 atom stereocenters. The van der Waals surface area contributed by atoms with Crippen LogP contribution < -0.4 is 15.5 Å². The van der Waals surface area contributed by atoms with Gasteiger partial charge >= 0.3 is 6.03 Å². The fourth-order valence-electron chi connectivity index (χ4n) is 4.10. The van der Waals surface area contributed by atoms with E-state index in [2.05, 4.69) is 10.6 Å². The highest BCUT2D eigenvalue weighted by atomic mass is 16.2. The molecule has 1 spiro atoms. The molecule has 25 heavy (non-hydrogen) atoms. The van der Waals surface area contributed by atoms with Crippen molar-refractivity contribution in [2.75, 3.05) is 37.6 Å². The zero-order chi connectivity index (χ0) is 17.4. The van der Waals surface area contributed by atoms with Crippen molar-refractivity contribution in [3.63, 3.8) is 0 Å². The smallest absolute Gasteiger partial charge is 0.317 e. The average Bonchev–Trinajstić information content (AvgIpc) is 3.31. The summed E-state index contributed by atoms with van der Waals surface area (Å²) in [6.45, 7) is 2.49. The first kappa shape index (κ1) is 15.9. The Morgan fingerprint density at radius 2 is 2.08 bits per heavy atom. The van der Waals surface area contributed by atoms with Crippen LogP contribution in [-0.4, -0.2) is 55.5 Å². The van der Waals surface area contributed by atoms with Crippen molar-refractivity contribution in [3.05, 3.63) is 29.8 Å². The van der Waals surface area contributed by atoms with Crippen LogP contribution in [0.15, 0.2) is 24.3 Å². The van der Waals surface area contributed by atoms with Crippen LogP contribution in [0.1, 0.15) is 18.4 Å². The maximum Gasteiger partial charge on any atom is 0.317 e. The summed E-state index contributed by atoms with van der Waals surface area (Å²) in [5.74, 6) is -0.0324. The molecule has 2 fully saturated rings. The standard InChI is InChI=1S/C18H22N4O3/c23-15-9-18(11-20-15)6-8-21(12-18)17(25)19-10-16(24)22-7-5-13-3-1-2-4-14(13)22/h1-4H,5-12H2,(H,19,25)(H,20,23). The monoisotopic (exact) mass is 342 g/mol. The second-order valence-corrected chi connectivity index (χ2v) is 7.21. The van der Waals surface area contributed by atoms with E-state index in [9.17, 15) is 14.4 Å². The van der Waals surface area contributed by atoms with Gasteiger partial charge in [0.25, 0.3) is 0 Å². The average molecular weight is 342 g/mol. The predicted molar refractivity (Wildman–Crippen MR) is 92.1 cm³/mol. The Kier molecular flexibility index (Phi) is 3.86. The number of nitrogens with zero attached hydrogens (tertiary/aromatic N) is 2. The van der Waals surface area contributed by atoms with Crippen molar-refractivity contribution >= 4 is 23.5 Å². The lowest BCUT2D eigenvalue weighted by Gasteiger charge is -2.23. The molecule has 7 heteroatoms. The Balaban J connectivity index is 1.31. The Morgan fingerprint density at radius 1 is 1.24 bits per heavy atom. The molecule has 4 amide bonds. The minimum Gasteiger partial charge on any atom is -0.355 e. The fourth-order valence-corrected chi connectivity index (χ4v) is 4.10. The quantitative estimate of drug-likeness (QED) is 0.821. The van der Waals surface area contributed by atoms with Gasteiger partial charge in [-0.05, 0) is 24.5 Å². The van der Waals surface area contributed by atoms with E-state index in [1.807, 2.05) is 24.3 Å². The minimum absolute atomic E-state index is 0.00610. The van der Waals surface area contributed by atoms with E-state index in [4.69, 9.17) is 0 Å². The van der Waals surface area contributed by atoms with E-state index < -0.39 is 0 Å². The molecule has 1 aromatic carbocycles. The number of para-hydroxylation sites is 1. The third kappa shape index (κ3) is 2.94. The van der Waals surface area contributed by atoms with Crippen LogP contribution in [0.2, 0.25) is 0 Å². The van der Waals surface area contributed by atoms with Crippen molar-refractivity contribution < 1.29 is 14.4 Å². The van der Waals surface area contributed by atoms with Gasteiger partial charge in [-0.15, -0.1) is 0 Å². The van der Waals surface area contributed by atoms with Crippen molar-refractivity contribution in [3.8, 4) is 0 Å². The number of hydrogen-bond acceptors (Lipinski definition) is 3. The SMILES string of the molecule is O=C1CC2(CCN(C(=O)NCC(=O)N3CCc4ccccc43)C2)CN1. The van der Waals surface area contributed by atoms with Crippen LogP contribution in [-0.2, 0) is 16.0 Å². The number of carbonyl (C=O) groups is 3. The van der Waals surface area contributed by atoms with Gasteiger partial charge in [0.05, 0.1) is 6.54 Å². The van der Waals surface area contributed by atoms with Gasteiger partial charge in [-0.1, -0.05) is 18.2 Å². The van der Waals surface area contributed by atoms with E-state index in [1.54, 1.807) is 9.80 Å². The van der Waals surface area contributed by atoms with E-state index in [1.165, 1.54) is 5.56 Å². The van der Waals surface area contributed by atoms with E-state index in [0.717, 1.165) is 18.5 Å². The second-order valence-electron chi connectivity index (χ2n) is 7.21. The highest BCUT2D eigenvalue weighted by Gasteiger charge is 2.45. The van der Waals surface area contributed by atoms with Crippen molar-refractivity contribution in [1.82, 2.24) is 15.5 Å². The van der Waals surface area contributed by atoms with Crippen LogP contribution in [0.4, 0.5) is 10.5 Å². The molecule has 0 aliphatic carbocycles. The van der Waals surface area contributed by atoms with Gasteiger partial charge in [0.1, 0.15) is 0 Å². The molecular weight excluding hydrogens is 320 g/mol. The third-order valence-corrected chi connectivity index (χ3v) is 5.50. The molecule has 0 aromatic heterocycles. The summed E-state index contributed by atoms with van der Waals surface area (Å²) in [5.41, 5.74) is 1.99. The van der Waals surface area contributed by atoms with Gasteiger partial charge in [0, 0.05) is 43.7 Å². The van der Waals surface area contributed by atoms with Gasteiger partial charge in [-0.25, -0.2) is 4.79 Å². The molecule has 132 valence electrons. The summed E-state index contributed by atoms with van der Waals surface area (Å²) in [4.78, 5) is 39.7. The van der Waals surface area contributed by atoms with Crippen molar-refractivity contribution in [2.24, 2.45) is 5.41 Å². The summed E-state index contributed by atoms with van der Waals surface area (Å²) in [6.07, 6.45) is 2.17. The second kappa shape index (κ2) is 6.06. The molecule has 2 N–H and O–H groups in total. The summed E-state index contributed by atoms with van der Waals surface area (Å²) in [7, 11) is 0. The van der Waals surface area contributed by atoms with Crippen LogP contribution in [0.25, 0.3) is 0 Å². The number of nitrogens with one attached hydrogen (secondary N) is 2. The van der Waals surface area contributed by atoms with Gasteiger partial charge in [-0.2, -0.15) is 0 Å². The number of fused-ring (bicyclic) bond motifs is 1. The van der Waals surface area contributed by atoms with Gasteiger partial charge in [0.2, 0.25) is 11.8 Å². The number of amides is 4. The first-order valence-electron chi connectivity index (χ1n) is 8.74. The highest BCUT2D eigenvalue weighted by Crippen LogP contribution is 2.36. The summed E-state index contributed by atoms with van der Waals surface area (Å²) in [6, 6.07) is 7.64. The number of hydrogen-bond donors (Lipinski definition) is 2. The van der Waals surface area contributed by atoms with Gasteiger partial charge in [0.15, 0.2) is 0 Å². The summed E-state index contributed by atoms with van der Waals surface area (Å²) < 4.78 is 0. The number of urea groups is 1. The largest absolute Gasteiger partial charge is 0.355 e. The maximum atomic E-state index is 12.5. The van der Waals surface area contributed by atoms with E-state index in [0.29, 0.717) is 32.6 Å². The third-order valence-electron chi connectivity index (χ3n) is 5.50. The van der Waals surface area contributed by atoms with Crippen molar-refractivity contribution in [1.29, 1.82) is 0 Å². The Bertz CT molecular complexity index is 735. The lowest BCUT2D eigenvalue weighted by molar-refractivity contribution is -0.119. The van der Waals surface area contributed by atoms with Crippen LogP contribution in [0.5, 0.6) is 0 Å². The molecule has 2 saturated heterocycles. The molecule has 4 rings (SSSR count). The Morgan fingerprint density at radius 3 is 2.88 bits per heavy atom. The molecule has 3 heterocycles. The minimum atomic E-state index is -0.225. The number of carbonyl (C=O) groups excluding carboxylic acids is 3. The van der Waals surface area contributed by atoms with Crippen molar-refractivity contribution in [2.45, 2.75) is 19.3 Å². The molecule has 1 unspecified atom stereocenters. The molecule has 0 bridgehead atoms. The predicted octanol–water partition coefficient (Wildman–Crippen LogP) is 0.497. The lowest BCUT2D eigenvalue weighted by Crippen LogP contribution is -2.45. The highest BCUT2D eigenvalue weighted by molar-refractivity contribution is 5.98. The van der Waals surface area contributed by atoms with E-state index >= 15 is 0 Å². The first-order chi connectivity index (χ1) is 12.1. The van der Waals surface area contributed by atoms with E-state index in [-0.39, 0.29) is 29.8 Å². The molecule has 7 nitrogen and oxygen atoms in total. The normalized spacial score (nSPS) is 24.6. The Hall–Kier alpha value is -2.57. The van der Waals surface area contributed by atoms with Crippen LogP contribution in [0, 0.1) is 5.41 Å². The van der Waals surface area contributed by atoms with Gasteiger partial charge < -0.3 is 20.4 Å². The van der Waals surface area contributed by atoms with Crippen LogP contribution >= 0.6 is 0 Å². The Labute approximate surface area is 146 Å². The lowest BCUT2D eigenvalue weighted by atomic mass is 9.86. The summed E-state index contributed by atoms with van der Waals surface area (Å²) in [5, 5.41) is 5.59. The zero-order valence-corrected chi connectivity index (χ0v) is 14.1. The molecule has 3 aliphatic heterocycles. The number of benzene rings is 1. The first-order valence-corrected chi connectivity index (χ1v) is 8.74. The molecular formula is C18H22N4O3. The number of rotatable bonds is 2. The van der Waals surface area contributed by atoms with Crippen LogP contribution in [0.3, 0.4) is 0 Å². The summed E-state index contributed by atoms with van der Waals surface area (Å²) >= 11 is 0. The molecule has 1 aromatic rings. The topological polar surface area (TPSA) is 81.8 Å². The van der Waals surface area contributed by atoms with Gasteiger partial charge in [-0.3, -0.25) is 9.59 Å². The number of likely N-dealkylation sites (tertiary alicyclic amines) is 1. The molecule has 0 radical (unpaired) electrons. The molecule has 0 saturated carbocycles.